The predicted octanol–water partition coefficient (Wildman–Crippen LogP) is 4.69. The maximum atomic E-state index is 5.98. The lowest BCUT2D eigenvalue weighted by molar-refractivity contribution is 0.303. The van der Waals surface area contributed by atoms with Crippen LogP contribution in [-0.4, -0.2) is 0 Å². The third-order valence-electron chi connectivity index (χ3n) is 3.79. The Morgan fingerprint density at radius 2 is 1.50 bits per heavy atom. The van der Waals surface area contributed by atoms with Gasteiger partial charge in [-0.25, -0.2) is 5.43 Å². The largest absolute Gasteiger partial charge is 0.489 e. The Labute approximate surface area is 143 Å². The van der Waals surface area contributed by atoms with Crippen LogP contribution in [0.3, 0.4) is 0 Å². The molecule has 24 heavy (non-hydrogen) atoms. The highest BCUT2D eigenvalue weighted by molar-refractivity contribution is 5.41. The number of hydrogen-bond acceptors (Lipinski definition) is 3. The van der Waals surface area contributed by atoms with Crippen LogP contribution >= 0.6 is 0 Å². The molecule has 0 spiro atoms. The molecule has 3 aromatic rings. The van der Waals surface area contributed by atoms with E-state index >= 15 is 0 Å². The first-order valence-electron chi connectivity index (χ1n) is 8.11. The first-order chi connectivity index (χ1) is 11.8. The summed E-state index contributed by atoms with van der Waals surface area (Å²) in [6.07, 6.45) is 0. The van der Waals surface area contributed by atoms with E-state index in [1.54, 1.807) is 0 Å². The van der Waals surface area contributed by atoms with E-state index in [4.69, 9.17) is 4.74 Å². The minimum Gasteiger partial charge on any atom is -0.489 e. The number of rotatable bonds is 7. The third kappa shape index (κ3) is 4.61. The van der Waals surface area contributed by atoms with Gasteiger partial charge in [-0.3, -0.25) is 0 Å². The number of aryl methyl sites for hydroxylation is 1. The van der Waals surface area contributed by atoms with Gasteiger partial charge in [0, 0.05) is 12.2 Å². The first kappa shape index (κ1) is 16.1. The second-order valence-corrected chi connectivity index (χ2v) is 5.72. The number of nitrogens with one attached hydrogen (secondary N) is 2. The Hall–Kier alpha value is -2.78. The van der Waals surface area contributed by atoms with Crippen molar-refractivity contribution in [1.29, 1.82) is 0 Å². The fraction of sp³-hybridized carbons (Fsp3) is 0.143. The van der Waals surface area contributed by atoms with Crippen molar-refractivity contribution in [2.75, 3.05) is 5.43 Å². The van der Waals surface area contributed by atoms with Gasteiger partial charge in [-0.15, -0.1) is 0 Å². The molecule has 0 unspecified atom stereocenters. The van der Waals surface area contributed by atoms with Crippen molar-refractivity contribution in [2.24, 2.45) is 0 Å². The van der Waals surface area contributed by atoms with Crippen molar-refractivity contribution < 1.29 is 4.74 Å². The molecule has 0 aliphatic heterocycles. The van der Waals surface area contributed by atoms with Gasteiger partial charge in [-0.05, 0) is 41.8 Å². The van der Waals surface area contributed by atoms with E-state index in [0.29, 0.717) is 6.61 Å². The van der Waals surface area contributed by atoms with Crippen LogP contribution in [0.5, 0.6) is 5.75 Å². The van der Waals surface area contributed by atoms with Gasteiger partial charge in [0.25, 0.3) is 0 Å². The average Bonchev–Trinajstić information content (AvgIpc) is 2.64. The average molecular weight is 318 g/mol. The molecule has 3 aromatic carbocycles. The lowest BCUT2D eigenvalue weighted by Crippen LogP contribution is -2.20. The summed E-state index contributed by atoms with van der Waals surface area (Å²) < 4.78 is 5.98. The summed E-state index contributed by atoms with van der Waals surface area (Å²) in [6, 6.07) is 26.6. The molecule has 2 N–H and O–H groups in total. The van der Waals surface area contributed by atoms with Crippen molar-refractivity contribution in [2.45, 2.75) is 20.1 Å². The summed E-state index contributed by atoms with van der Waals surface area (Å²) in [6.45, 7) is 3.37. The molecule has 0 fully saturated rings. The van der Waals surface area contributed by atoms with Gasteiger partial charge in [-0.2, -0.15) is 0 Å². The molecule has 0 bridgehead atoms. The number of para-hydroxylation sites is 1. The van der Waals surface area contributed by atoms with Gasteiger partial charge in [0.2, 0.25) is 0 Å². The number of ether oxygens (including phenoxy) is 1. The molecular weight excluding hydrogens is 296 g/mol. The molecule has 0 heterocycles. The normalized spacial score (nSPS) is 10.4. The molecule has 3 rings (SSSR count). The summed E-state index contributed by atoms with van der Waals surface area (Å²) in [5.74, 6) is 0.929. The zero-order valence-corrected chi connectivity index (χ0v) is 13.8. The highest BCUT2D eigenvalue weighted by atomic mass is 16.5. The van der Waals surface area contributed by atoms with Gasteiger partial charge >= 0.3 is 0 Å². The topological polar surface area (TPSA) is 33.3 Å². The van der Waals surface area contributed by atoms with Gasteiger partial charge in [0.1, 0.15) is 12.4 Å². The van der Waals surface area contributed by atoms with Crippen molar-refractivity contribution >= 4 is 5.69 Å². The second-order valence-electron chi connectivity index (χ2n) is 5.72. The fourth-order valence-corrected chi connectivity index (χ4v) is 2.42. The van der Waals surface area contributed by atoms with Crippen LogP contribution in [-0.2, 0) is 13.2 Å². The molecule has 0 saturated carbocycles. The molecule has 0 aliphatic rings. The van der Waals surface area contributed by atoms with Crippen LogP contribution in [0.25, 0.3) is 0 Å². The van der Waals surface area contributed by atoms with E-state index in [1.165, 1.54) is 11.1 Å². The molecule has 3 heteroatoms. The zero-order chi connectivity index (χ0) is 16.6. The summed E-state index contributed by atoms with van der Waals surface area (Å²) in [5, 5.41) is 0. The van der Waals surface area contributed by atoms with Gasteiger partial charge in [0.05, 0.1) is 0 Å². The number of anilines is 1. The monoisotopic (exact) mass is 318 g/mol. The summed E-state index contributed by atoms with van der Waals surface area (Å²) in [4.78, 5) is 0. The Balaban J connectivity index is 1.57. The maximum Gasteiger partial charge on any atom is 0.123 e. The van der Waals surface area contributed by atoms with Gasteiger partial charge in [0.15, 0.2) is 0 Å². The van der Waals surface area contributed by atoms with Crippen molar-refractivity contribution in [3.8, 4) is 5.75 Å². The molecule has 0 aliphatic carbocycles. The minimum absolute atomic E-state index is 0.584. The highest BCUT2D eigenvalue weighted by Gasteiger charge is 2.03. The van der Waals surface area contributed by atoms with E-state index in [-0.39, 0.29) is 0 Å². The van der Waals surface area contributed by atoms with Gasteiger partial charge in [-0.1, -0.05) is 60.7 Å². The first-order valence-corrected chi connectivity index (χ1v) is 8.11. The maximum absolute atomic E-state index is 5.98. The van der Waals surface area contributed by atoms with Crippen LogP contribution in [0.1, 0.15) is 16.7 Å². The van der Waals surface area contributed by atoms with Crippen LogP contribution in [0.4, 0.5) is 5.69 Å². The number of benzene rings is 3. The summed E-state index contributed by atoms with van der Waals surface area (Å²) in [5.41, 5.74) is 11.0. The van der Waals surface area contributed by atoms with Crippen LogP contribution in [0.2, 0.25) is 0 Å². The number of hydrogen-bond donors (Lipinski definition) is 2. The van der Waals surface area contributed by atoms with E-state index in [0.717, 1.165) is 23.5 Å². The summed E-state index contributed by atoms with van der Waals surface area (Å²) in [7, 11) is 0. The Kier molecular flexibility index (Phi) is 5.48. The second kappa shape index (κ2) is 8.18. The SMILES string of the molecule is Cc1ccc(CNNc2ccccc2)cc1OCc1ccccc1. The third-order valence-corrected chi connectivity index (χ3v) is 3.79. The molecule has 3 nitrogen and oxygen atoms in total. The smallest absolute Gasteiger partial charge is 0.123 e. The zero-order valence-electron chi connectivity index (χ0n) is 13.8. The predicted molar refractivity (Wildman–Crippen MR) is 98.9 cm³/mol. The molecule has 0 amide bonds. The molecule has 0 radical (unpaired) electrons. The van der Waals surface area contributed by atoms with Gasteiger partial charge < -0.3 is 10.2 Å². The van der Waals surface area contributed by atoms with Crippen LogP contribution in [0, 0.1) is 6.92 Å². The standard InChI is InChI=1S/C21H22N2O/c1-17-12-13-19(15-22-23-20-10-6-3-7-11-20)14-21(17)24-16-18-8-4-2-5-9-18/h2-14,22-23H,15-16H2,1H3. The fourth-order valence-electron chi connectivity index (χ4n) is 2.42. The van der Waals surface area contributed by atoms with Crippen LogP contribution in [0.15, 0.2) is 78.9 Å². The Bertz CT molecular complexity index is 757. The van der Waals surface area contributed by atoms with Crippen LogP contribution < -0.4 is 15.6 Å². The van der Waals surface area contributed by atoms with E-state index in [2.05, 4.69) is 48.1 Å². The van der Waals surface area contributed by atoms with E-state index in [9.17, 15) is 0 Å². The Morgan fingerprint density at radius 1 is 0.792 bits per heavy atom. The lowest BCUT2D eigenvalue weighted by atomic mass is 10.1. The lowest BCUT2D eigenvalue weighted by Gasteiger charge is -2.12. The number of hydrazine groups is 1. The van der Waals surface area contributed by atoms with Crippen molar-refractivity contribution in [3.63, 3.8) is 0 Å². The molecular formula is C21H22N2O. The van der Waals surface area contributed by atoms with E-state index in [1.807, 2.05) is 48.5 Å². The minimum atomic E-state index is 0.584. The quantitative estimate of drug-likeness (QED) is 0.620. The highest BCUT2D eigenvalue weighted by Crippen LogP contribution is 2.21. The van der Waals surface area contributed by atoms with Crippen molar-refractivity contribution in [3.05, 3.63) is 95.6 Å². The Morgan fingerprint density at radius 3 is 2.25 bits per heavy atom. The van der Waals surface area contributed by atoms with E-state index < -0.39 is 0 Å². The van der Waals surface area contributed by atoms with Crippen molar-refractivity contribution in [1.82, 2.24) is 5.43 Å². The molecule has 122 valence electrons. The molecule has 0 atom stereocenters. The molecule has 0 saturated heterocycles. The summed E-state index contributed by atoms with van der Waals surface area (Å²) >= 11 is 0. The molecule has 0 aromatic heterocycles.